The summed E-state index contributed by atoms with van der Waals surface area (Å²) in [7, 11) is 1.68. The molecule has 1 N–H and O–H groups in total. The van der Waals surface area contributed by atoms with Gasteiger partial charge in [0.1, 0.15) is 17.3 Å². The number of anilines is 1. The van der Waals surface area contributed by atoms with Gasteiger partial charge in [-0.1, -0.05) is 51.1 Å². The Morgan fingerprint density at radius 1 is 0.974 bits per heavy atom. The zero-order valence-electron chi connectivity index (χ0n) is 23.5. The van der Waals surface area contributed by atoms with E-state index in [-0.39, 0.29) is 17.9 Å². The number of carbonyl (C=O) groups is 1. The molecule has 0 atom stereocenters. The minimum absolute atomic E-state index is 0.0284. The van der Waals surface area contributed by atoms with E-state index < -0.39 is 0 Å². The van der Waals surface area contributed by atoms with Gasteiger partial charge in [-0.25, -0.2) is 4.98 Å². The van der Waals surface area contributed by atoms with Crippen LogP contribution in [0.25, 0.3) is 21.9 Å². The molecule has 0 saturated heterocycles. The highest BCUT2D eigenvalue weighted by Crippen LogP contribution is 2.32. The normalized spacial score (nSPS) is 11.4. The molecular weight excluding hydrogens is 488 g/mol. The van der Waals surface area contributed by atoms with E-state index in [0.717, 1.165) is 44.5 Å². The van der Waals surface area contributed by atoms with Crippen LogP contribution in [0.4, 0.5) is 5.82 Å². The van der Waals surface area contributed by atoms with Crippen LogP contribution in [0, 0.1) is 12.3 Å². The fraction of sp³-hybridized carbons (Fsp3) is 0.333. The number of aliphatic hydroxyl groups is 1. The molecule has 39 heavy (non-hydrogen) atoms. The van der Waals surface area contributed by atoms with E-state index in [2.05, 4.69) is 62.2 Å². The highest BCUT2D eigenvalue weighted by atomic mass is 16.5. The number of ether oxygens (including phenoxy) is 2. The molecule has 1 amide bonds. The monoisotopic (exact) mass is 526 g/mol. The van der Waals surface area contributed by atoms with Gasteiger partial charge in [-0.2, -0.15) is 0 Å². The van der Waals surface area contributed by atoms with Gasteiger partial charge in [-0.3, -0.25) is 9.69 Å². The standard InChI is InChI=1S/C33H38N2O4/c1-23-19-26(11-14-30(23)38-5)25-9-7-24(8-10-25)22-35(31(37)21-33(2,3)4)32-29-13-12-28(39-18-6-17-36)20-27(29)15-16-34-32/h7-16,19-20,36H,6,17-18,21-22H2,1-5H3. The summed E-state index contributed by atoms with van der Waals surface area (Å²) in [5, 5.41) is 10.9. The van der Waals surface area contributed by atoms with Crippen molar-refractivity contribution < 1.29 is 19.4 Å². The molecule has 204 valence electrons. The van der Waals surface area contributed by atoms with Gasteiger partial charge in [-0.15, -0.1) is 0 Å². The molecule has 4 aromatic rings. The minimum Gasteiger partial charge on any atom is -0.496 e. The number of pyridine rings is 1. The maximum atomic E-state index is 13.7. The number of aromatic nitrogens is 1. The van der Waals surface area contributed by atoms with Crippen molar-refractivity contribution in [2.45, 2.75) is 47.1 Å². The van der Waals surface area contributed by atoms with Crippen LogP contribution in [0.2, 0.25) is 0 Å². The van der Waals surface area contributed by atoms with E-state index in [1.165, 1.54) is 0 Å². The van der Waals surface area contributed by atoms with Gasteiger partial charge in [0.05, 0.1) is 20.3 Å². The Bertz CT molecular complexity index is 1420. The number of fused-ring (bicyclic) bond motifs is 1. The summed E-state index contributed by atoms with van der Waals surface area (Å²) >= 11 is 0. The molecule has 0 unspecified atom stereocenters. The van der Waals surface area contributed by atoms with Gasteiger partial charge in [0.25, 0.3) is 0 Å². The molecule has 1 heterocycles. The van der Waals surface area contributed by atoms with E-state index >= 15 is 0 Å². The number of amides is 1. The molecule has 0 aliphatic rings. The topological polar surface area (TPSA) is 71.9 Å². The van der Waals surface area contributed by atoms with Crippen LogP contribution >= 0.6 is 0 Å². The van der Waals surface area contributed by atoms with Crippen molar-refractivity contribution in [3.05, 3.63) is 84.1 Å². The number of aliphatic hydroxyl groups excluding tert-OH is 1. The molecule has 6 heteroatoms. The Labute approximate surface area is 231 Å². The summed E-state index contributed by atoms with van der Waals surface area (Å²) in [5.41, 5.74) is 4.17. The third kappa shape index (κ3) is 7.15. The van der Waals surface area contributed by atoms with Crippen molar-refractivity contribution in [3.63, 3.8) is 0 Å². The van der Waals surface area contributed by atoms with Gasteiger partial charge in [0.2, 0.25) is 5.91 Å². The van der Waals surface area contributed by atoms with Gasteiger partial charge in [0, 0.05) is 31.0 Å². The van der Waals surface area contributed by atoms with Crippen LogP contribution in [-0.4, -0.2) is 36.3 Å². The molecule has 0 bridgehead atoms. The van der Waals surface area contributed by atoms with Crippen LogP contribution < -0.4 is 14.4 Å². The molecule has 0 fully saturated rings. The molecule has 4 rings (SSSR count). The van der Waals surface area contributed by atoms with E-state index in [1.807, 2.05) is 37.3 Å². The predicted octanol–water partition coefficient (Wildman–Crippen LogP) is 6.95. The lowest BCUT2D eigenvalue weighted by Crippen LogP contribution is -2.34. The summed E-state index contributed by atoms with van der Waals surface area (Å²) in [5.74, 6) is 2.26. The van der Waals surface area contributed by atoms with Crippen molar-refractivity contribution >= 4 is 22.5 Å². The summed E-state index contributed by atoms with van der Waals surface area (Å²) in [6, 6.07) is 22.2. The molecule has 0 spiro atoms. The number of benzene rings is 3. The zero-order valence-corrected chi connectivity index (χ0v) is 23.5. The van der Waals surface area contributed by atoms with E-state index in [0.29, 0.717) is 31.8 Å². The van der Waals surface area contributed by atoms with Crippen LogP contribution in [0.1, 0.15) is 44.7 Å². The summed E-state index contributed by atoms with van der Waals surface area (Å²) in [4.78, 5) is 20.1. The van der Waals surface area contributed by atoms with Gasteiger partial charge in [-0.05, 0) is 76.4 Å². The average Bonchev–Trinajstić information content (AvgIpc) is 2.91. The van der Waals surface area contributed by atoms with Crippen LogP contribution in [-0.2, 0) is 11.3 Å². The predicted molar refractivity (Wildman–Crippen MR) is 157 cm³/mol. The zero-order chi connectivity index (χ0) is 28.0. The Hall–Kier alpha value is -3.90. The van der Waals surface area contributed by atoms with Crippen molar-refractivity contribution in [1.29, 1.82) is 0 Å². The summed E-state index contributed by atoms with van der Waals surface area (Å²) in [6.45, 7) is 9.20. The maximum Gasteiger partial charge on any atom is 0.229 e. The Kier molecular flexibility index (Phi) is 8.87. The Morgan fingerprint density at radius 3 is 2.38 bits per heavy atom. The second-order valence-corrected chi connectivity index (χ2v) is 11.0. The van der Waals surface area contributed by atoms with Crippen molar-refractivity contribution in [2.75, 3.05) is 25.2 Å². The first kappa shape index (κ1) is 28.1. The highest BCUT2D eigenvalue weighted by molar-refractivity contribution is 6.02. The lowest BCUT2D eigenvalue weighted by Gasteiger charge is -2.27. The van der Waals surface area contributed by atoms with E-state index in [9.17, 15) is 4.79 Å². The number of methoxy groups -OCH3 is 1. The number of carbonyl (C=O) groups excluding carboxylic acids is 1. The first-order valence-corrected chi connectivity index (χ1v) is 13.4. The van der Waals surface area contributed by atoms with Gasteiger partial charge < -0.3 is 14.6 Å². The molecule has 3 aromatic carbocycles. The van der Waals surface area contributed by atoms with Gasteiger partial charge >= 0.3 is 0 Å². The number of hydrogen-bond donors (Lipinski definition) is 1. The van der Waals surface area contributed by atoms with Crippen molar-refractivity contribution in [3.8, 4) is 22.6 Å². The fourth-order valence-corrected chi connectivity index (χ4v) is 4.57. The lowest BCUT2D eigenvalue weighted by atomic mass is 9.91. The third-order valence-electron chi connectivity index (χ3n) is 6.55. The third-order valence-corrected chi connectivity index (χ3v) is 6.55. The quantitative estimate of drug-likeness (QED) is 0.226. The van der Waals surface area contributed by atoms with Crippen molar-refractivity contribution in [1.82, 2.24) is 4.98 Å². The van der Waals surface area contributed by atoms with Crippen LogP contribution in [0.5, 0.6) is 11.5 Å². The first-order valence-electron chi connectivity index (χ1n) is 13.4. The Morgan fingerprint density at radius 2 is 1.72 bits per heavy atom. The molecule has 0 aliphatic carbocycles. The van der Waals surface area contributed by atoms with Gasteiger partial charge in [0.15, 0.2) is 0 Å². The van der Waals surface area contributed by atoms with Crippen LogP contribution in [0.3, 0.4) is 0 Å². The Balaban J connectivity index is 1.65. The van der Waals surface area contributed by atoms with E-state index in [4.69, 9.17) is 14.6 Å². The average molecular weight is 527 g/mol. The molecular formula is C33H38N2O4. The SMILES string of the molecule is COc1ccc(-c2ccc(CN(C(=O)CC(C)(C)C)c3nccc4cc(OCCCO)ccc34)cc2)cc1C. The summed E-state index contributed by atoms with van der Waals surface area (Å²) in [6.07, 6.45) is 2.71. The molecule has 0 radical (unpaired) electrons. The van der Waals surface area contributed by atoms with Crippen molar-refractivity contribution in [2.24, 2.45) is 5.41 Å². The fourth-order valence-electron chi connectivity index (χ4n) is 4.57. The first-order chi connectivity index (χ1) is 18.7. The number of rotatable bonds is 10. The summed E-state index contributed by atoms with van der Waals surface area (Å²) < 4.78 is 11.2. The number of aryl methyl sites for hydroxylation is 1. The molecule has 1 aromatic heterocycles. The second kappa shape index (κ2) is 12.3. The number of nitrogens with zero attached hydrogens (tertiary/aromatic N) is 2. The molecule has 0 saturated carbocycles. The second-order valence-electron chi connectivity index (χ2n) is 11.0. The highest BCUT2D eigenvalue weighted by Gasteiger charge is 2.25. The number of hydrogen-bond acceptors (Lipinski definition) is 5. The van der Waals surface area contributed by atoms with Crippen LogP contribution in [0.15, 0.2) is 72.9 Å². The lowest BCUT2D eigenvalue weighted by molar-refractivity contribution is -0.120. The molecule has 6 nitrogen and oxygen atoms in total. The molecule has 0 aliphatic heterocycles. The maximum absolute atomic E-state index is 13.7. The largest absolute Gasteiger partial charge is 0.496 e. The minimum atomic E-state index is -0.163. The smallest absolute Gasteiger partial charge is 0.229 e. The van der Waals surface area contributed by atoms with E-state index in [1.54, 1.807) is 18.2 Å².